The fourth-order valence-corrected chi connectivity index (χ4v) is 6.38. The van der Waals surface area contributed by atoms with Crippen LogP contribution in [0.15, 0.2) is 16.3 Å². The zero-order valence-corrected chi connectivity index (χ0v) is 16.7. The molecule has 1 saturated carbocycles. The van der Waals surface area contributed by atoms with Crippen LogP contribution in [-0.4, -0.2) is 52.6 Å². The van der Waals surface area contributed by atoms with Crippen LogP contribution in [0.4, 0.5) is 0 Å². The topological polar surface area (TPSA) is 86.8 Å². The number of thiophene rings is 1. The van der Waals surface area contributed by atoms with Gasteiger partial charge in [-0.3, -0.25) is 0 Å². The van der Waals surface area contributed by atoms with Crippen LogP contribution in [0, 0.1) is 0 Å². The number of hydrogen-bond acceptors (Lipinski definition) is 5. The van der Waals surface area contributed by atoms with E-state index in [1.54, 1.807) is 13.1 Å². The van der Waals surface area contributed by atoms with Crippen molar-refractivity contribution in [2.24, 2.45) is 0 Å². The Bertz CT molecular complexity index is 750. The maximum Gasteiger partial charge on any atom is 0.279 e. The largest absolute Gasteiger partial charge is 0.279 e. The summed E-state index contributed by atoms with van der Waals surface area (Å²) < 4.78 is 54.3. The molecule has 1 aliphatic carbocycles. The van der Waals surface area contributed by atoms with Crippen molar-refractivity contribution < 1.29 is 16.8 Å². The smallest absolute Gasteiger partial charge is 0.206 e. The van der Waals surface area contributed by atoms with Crippen LogP contribution in [-0.2, 0) is 26.8 Å². The van der Waals surface area contributed by atoms with E-state index in [1.165, 1.54) is 24.5 Å². The number of nitrogens with zero attached hydrogens (tertiary/aromatic N) is 2. The third kappa shape index (κ3) is 4.55. The van der Waals surface area contributed by atoms with Gasteiger partial charge in [0.05, 0.1) is 0 Å². The molecule has 1 heterocycles. The van der Waals surface area contributed by atoms with Crippen LogP contribution in [0.3, 0.4) is 0 Å². The standard InChI is InChI=1S/C14H25N3O4S3/c1-16(2)23(18,19)14-10-9-13(22-14)11-15-24(20,21)17(3)12-7-5-4-6-8-12/h9-10,12,15H,4-8,11H2,1-3H3. The van der Waals surface area contributed by atoms with Crippen molar-refractivity contribution in [1.82, 2.24) is 13.3 Å². The third-order valence-corrected chi connectivity index (χ3v) is 9.20. The molecule has 1 N–H and O–H groups in total. The minimum Gasteiger partial charge on any atom is -0.206 e. The zero-order chi connectivity index (χ0) is 18.0. The molecule has 2 rings (SSSR count). The molecule has 0 atom stereocenters. The first-order chi connectivity index (χ1) is 11.1. The highest BCUT2D eigenvalue weighted by molar-refractivity contribution is 7.91. The average Bonchev–Trinajstić information content (AvgIpc) is 3.03. The van der Waals surface area contributed by atoms with Crippen molar-refractivity contribution in [3.05, 3.63) is 17.0 Å². The van der Waals surface area contributed by atoms with E-state index < -0.39 is 20.2 Å². The van der Waals surface area contributed by atoms with Crippen LogP contribution in [0.25, 0.3) is 0 Å². The van der Waals surface area contributed by atoms with Crippen LogP contribution < -0.4 is 4.72 Å². The molecule has 1 aliphatic rings. The van der Waals surface area contributed by atoms with Gasteiger partial charge in [-0.05, 0) is 25.0 Å². The summed E-state index contributed by atoms with van der Waals surface area (Å²) in [5.74, 6) is 0. The summed E-state index contributed by atoms with van der Waals surface area (Å²) in [6.45, 7) is 0.0903. The number of nitrogens with one attached hydrogen (secondary N) is 1. The molecule has 0 amide bonds. The van der Waals surface area contributed by atoms with Gasteiger partial charge in [0, 0.05) is 38.6 Å². The highest BCUT2D eigenvalue weighted by Gasteiger charge is 2.27. The summed E-state index contributed by atoms with van der Waals surface area (Å²) in [5.41, 5.74) is 0. The Labute approximate surface area is 148 Å². The predicted molar refractivity (Wildman–Crippen MR) is 95.6 cm³/mol. The number of sulfonamides is 1. The summed E-state index contributed by atoms with van der Waals surface area (Å²) in [5, 5.41) is 0. The van der Waals surface area contributed by atoms with Crippen molar-refractivity contribution in [2.45, 2.75) is 48.9 Å². The molecule has 24 heavy (non-hydrogen) atoms. The Kier molecular flexibility index (Phi) is 6.43. The monoisotopic (exact) mass is 395 g/mol. The summed E-state index contributed by atoms with van der Waals surface area (Å²) >= 11 is 1.08. The lowest BCUT2D eigenvalue weighted by Gasteiger charge is -2.30. The van der Waals surface area contributed by atoms with Crippen molar-refractivity contribution in [2.75, 3.05) is 21.1 Å². The van der Waals surface area contributed by atoms with E-state index in [2.05, 4.69) is 4.72 Å². The van der Waals surface area contributed by atoms with Gasteiger partial charge in [0.2, 0.25) is 0 Å². The third-order valence-electron chi connectivity index (χ3n) is 4.27. The van der Waals surface area contributed by atoms with Gasteiger partial charge in [-0.1, -0.05) is 19.3 Å². The van der Waals surface area contributed by atoms with Crippen molar-refractivity contribution in [3.63, 3.8) is 0 Å². The fourth-order valence-electron chi connectivity index (χ4n) is 2.68. The van der Waals surface area contributed by atoms with Gasteiger partial charge in [0.1, 0.15) is 4.21 Å². The van der Waals surface area contributed by atoms with E-state index >= 15 is 0 Å². The SMILES string of the molecule is CN(C1CCCCC1)S(=O)(=O)NCc1ccc(S(=O)(=O)N(C)C)s1. The molecule has 1 aromatic heterocycles. The fraction of sp³-hybridized carbons (Fsp3) is 0.714. The van der Waals surface area contributed by atoms with Crippen LogP contribution in [0.5, 0.6) is 0 Å². The Morgan fingerprint density at radius 1 is 1.08 bits per heavy atom. The van der Waals surface area contributed by atoms with Gasteiger partial charge in [-0.25, -0.2) is 12.7 Å². The highest BCUT2D eigenvalue weighted by atomic mass is 32.2. The number of hydrogen-bond donors (Lipinski definition) is 1. The summed E-state index contributed by atoms with van der Waals surface area (Å²) in [7, 11) is -2.51. The van der Waals surface area contributed by atoms with Gasteiger partial charge in [0.25, 0.3) is 20.2 Å². The molecule has 0 aliphatic heterocycles. The van der Waals surface area contributed by atoms with Gasteiger partial charge < -0.3 is 0 Å². The van der Waals surface area contributed by atoms with Gasteiger partial charge in [-0.2, -0.15) is 17.4 Å². The predicted octanol–water partition coefficient (Wildman–Crippen LogP) is 1.60. The van der Waals surface area contributed by atoms with E-state index in [4.69, 9.17) is 0 Å². The molecule has 1 fully saturated rings. The van der Waals surface area contributed by atoms with Crippen molar-refractivity contribution in [1.29, 1.82) is 0 Å². The lowest BCUT2D eigenvalue weighted by atomic mass is 9.96. The molecule has 0 spiro atoms. The van der Waals surface area contributed by atoms with E-state index in [-0.39, 0.29) is 16.8 Å². The minimum absolute atomic E-state index is 0.0456. The van der Waals surface area contributed by atoms with Crippen molar-refractivity contribution in [3.8, 4) is 0 Å². The Balaban J connectivity index is 2.01. The van der Waals surface area contributed by atoms with E-state index in [9.17, 15) is 16.8 Å². The molecule has 0 saturated heterocycles. The normalized spacial score (nSPS) is 17.7. The van der Waals surface area contributed by atoms with E-state index in [0.717, 1.165) is 47.7 Å². The highest BCUT2D eigenvalue weighted by Crippen LogP contribution is 2.25. The first-order valence-corrected chi connectivity index (χ1v) is 11.6. The molecule has 0 bridgehead atoms. The Hall–Kier alpha value is -0.520. The number of rotatable bonds is 7. The second-order valence-electron chi connectivity index (χ2n) is 6.14. The molecule has 0 radical (unpaired) electrons. The van der Waals surface area contributed by atoms with Gasteiger partial charge >= 0.3 is 0 Å². The molecular weight excluding hydrogens is 370 g/mol. The first-order valence-electron chi connectivity index (χ1n) is 7.88. The molecule has 1 aromatic rings. The second kappa shape index (κ2) is 7.79. The lowest BCUT2D eigenvalue weighted by Crippen LogP contribution is -2.44. The lowest BCUT2D eigenvalue weighted by molar-refractivity contribution is 0.283. The molecule has 7 nitrogen and oxygen atoms in total. The van der Waals surface area contributed by atoms with Crippen molar-refractivity contribution >= 4 is 31.6 Å². The molecular formula is C14H25N3O4S3. The van der Waals surface area contributed by atoms with E-state index in [0.29, 0.717) is 4.88 Å². The summed E-state index contributed by atoms with van der Waals surface area (Å²) in [6.07, 6.45) is 5.06. The molecule has 0 unspecified atom stereocenters. The van der Waals surface area contributed by atoms with Gasteiger partial charge in [0.15, 0.2) is 0 Å². The maximum atomic E-state index is 12.4. The Morgan fingerprint density at radius 2 is 1.71 bits per heavy atom. The molecule has 0 aromatic carbocycles. The molecule has 10 heteroatoms. The summed E-state index contributed by atoms with van der Waals surface area (Å²) in [6, 6.07) is 3.20. The first kappa shape index (κ1) is 19.8. The van der Waals surface area contributed by atoms with Crippen LogP contribution in [0.2, 0.25) is 0 Å². The maximum absolute atomic E-state index is 12.4. The van der Waals surface area contributed by atoms with Crippen LogP contribution >= 0.6 is 11.3 Å². The Morgan fingerprint density at radius 3 is 2.29 bits per heavy atom. The molecule has 138 valence electrons. The average molecular weight is 396 g/mol. The van der Waals surface area contributed by atoms with E-state index in [1.807, 2.05) is 0 Å². The quantitative estimate of drug-likeness (QED) is 0.760. The minimum atomic E-state index is -3.57. The van der Waals surface area contributed by atoms with Crippen LogP contribution in [0.1, 0.15) is 37.0 Å². The van der Waals surface area contributed by atoms with Gasteiger partial charge in [-0.15, -0.1) is 11.3 Å². The summed E-state index contributed by atoms with van der Waals surface area (Å²) in [4.78, 5) is 0.663. The second-order valence-corrected chi connectivity index (χ2v) is 11.5. The zero-order valence-electron chi connectivity index (χ0n) is 14.2.